The van der Waals surface area contributed by atoms with E-state index in [1.165, 1.54) is 4.88 Å². The summed E-state index contributed by atoms with van der Waals surface area (Å²) in [4.78, 5) is 13.2. The van der Waals surface area contributed by atoms with Crippen LogP contribution in [-0.4, -0.2) is 5.91 Å². The van der Waals surface area contributed by atoms with Crippen LogP contribution in [0.15, 0.2) is 47.8 Å². The highest BCUT2D eigenvalue weighted by atomic mass is 32.1. The predicted octanol–water partition coefficient (Wildman–Crippen LogP) is 2.63. The summed E-state index contributed by atoms with van der Waals surface area (Å²) in [5.74, 6) is -0.335. The lowest BCUT2D eigenvalue weighted by atomic mass is 9.86. The Balaban J connectivity index is 2.27. The molecule has 0 saturated heterocycles. The molecule has 0 radical (unpaired) electrons. The first-order chi connectivity index (χ1) is 9.19. The first kappa shape index (κ1) is 13.8. The van der Waals surface area contributed by atoms with Crippen molar-refractivity contribution in [1.82, 2.24) is 5.32 Å². The molecule has 100 valence electrons. The topological polar surface area (TPSA) is 55.1 Å². The van der Waals surface area contributed by atoms with Gasteiger partial charge in [0.05, 0.1) is 0 Å². The Morgan fingerprint density at radius 3 is 2.53 bits per heavy atom. The van der Waals surface area contributed by atoms with Crippen LogP contribution in [0.4, 0.5) is 0 Å². The van der Waals surface area contributed by atoms with Crippen molar-refractivity contribution in [3.05, 3.63) is 58.3 Å². The third-order valence-corrected chi connectivity index (χ3v) is 4.24. The van der Waals surface area contributed by atoms with Gasteiger partial charge in [-0.05, 0) is 23.4 Å². The Labute approximate surface area is 117 Å². The van der Waals surface area contributed by atoms with Gasteiger partial charge in [-0.25, -0.2) is 0 Å². The predicted molar refractivity (Wildman–Crippen MR) is 78.8 cm³/mol. The quantitative estimate of drug-likeness (QED) is 0.851. The molecule has 1 heterocycles. The fourth-order valence-electron chi connectivity index (χ4n) is 2.21. The highest BCUT2D eigenvalue weighted by molar-refractivity contribution is 7.09. The minimum atomic E-state index is -0.800. The van der Waals surface area contributed by atoms with E-state index in [1.807, 2.05) is 54.8 Å². The van der Waals surface area contributed by atoms with Gasteiger partial charge in [0.25, 0.3) is 0 Å². The van der Waals surface area contributed by atoms with E-state index in [-0.39, 0.29) is 5.91 Å². The van der Waals surface area contributed by atoms with Gasteiger partial charge in [0.15, 0.2) is 0 Å². The molecule has 0 saturated carbocycles. The average Bonchev–Trinajstić information content (AvgIpc) is 2.94. The molecule has 2 aromatic rings. The number of nitrogens with one attached hydrogen (secondary N) is 1. The molecule has 0 aliphatic heterocycles. The van der Waals surface area contributed by atoms with E-state index in [1.54, 1.807) is 11.3 Å². The van der Waals surface area contributed by atoms with E-state index >= 15 is 0 Å². The number of amides is 1. The van der Waals surface area contributed by atoms with Gasteiger partial charge >= 0.3 is 0 Å². The molecule has 0 spiro atoms. The second-order valence-electron chi connectivity index (χ2n) is 4.42. The molecule has 4 heteroatoms. The van der Waals surface area contributed by atoms with Gasteiger partial charge in [-0.15, -0.1) is 11.3 Å². The molecule has 1 aromatic carbocycles. The van der Waals surface area contributed by atoms with Crippen molar-refractivity contribution in [2.24, 2.45) is 5.73 Å². The normalized spacial score (nSPS) is 13.9. The molecule has 3 nitrogen and oxygen atoms in total. The summed E-state index contributed by atoms with van der Waals surface area (Å²) in [5, 5.41) is 5.36. The van der Waals surface area contributed by atoms with E-state index in [0.717, 1.165) is 5.56 Å². The maximum atomic E-state index is 12.0. The third-order valence-electron chi connectivity index (χ3n) is 3.36. The minimum absolute atomic E-state index is 0.335. The Bertz CT molecular complexity index is 524. The number of primary amides is 1. The smallest absolute Gasteiger partial charge is 0.242 e. The molecule has 0 aliphatic rings. The van der Waals surface area contributed by atoms with Crippen molar-refractivity contribution in [2.75, 3.05) is 0 Å². The van der Waals surface area contributed by atoms with Crippen LogP contribution in [0.2, 0.25) is 0 Å². The first-order valence-electron chi connectivity index (χ1n) is 6.32. The number of thiophene rings is 1. The van der Waals surface area contributed by atoms with E-state index in [4.69, 9.17) is 5.73 Å². The Kier molecular flexibility index (Phi) is 4.35. The number of benzene rings is 1. The molecule has 3 N–H and O–H groups in total. The van der Waals surface area contributed by atoms with Gasteiger partial charge in [0.2, 0.25) is 5.91 Å². The van der Waals surface area contributed by atoms with Crippen LogP contribution in [0.5, 0.6) is 0 Å². The van der Waals surface area contributed by atoms with Gasteiger partial charge in [-0.3, -0.25) is 10.1 Å². The van der Waals surface area contributed by atoms with E-state index in [2.05, 4.69) is 5.32 Å². The molecule has 1 aromatic heterocycles. The SMILES string of the molecule is CCC(NCc1cccs1)(C(N)=O)c1ccccc1. The summed E-state index contributed by atoms with van der Waals surface area (Å²) in [6.07, 6.45) is 0.623. The van der Waals surface area contributed by atoms with E-state index < -0.39 is 5.54 Å². The van der Waals surface area contributed by atoms with Crippen LogP contribution in [0.25, 0.3) is 0 Å². The van der Waals surface area contributed by atoms with Crippen molar-refractivity contribution in [2.45, 2.75) is 25.4 Å². The Morgan fingerprint density at radius 1 is 1.26 bits per heavy atom. The van der Waals surface area contributed by atoms with Crippen LogP contribution in [0, 0.1) is 0 Å². The van der Waals surface area contributed by atoms with Crippen molar-refractivity contribution < 1.29 is 4.79 Å². The van der Waals surface area contributed by atoms with Gasteiger partial charge in [-0.2, -0.15) is 0 Å². The number of hydrogen-bond acceptors (Lipinski definition) is 3. The molecular weight excluding hydrogens is 256 g/mol. The van der Waals surface area contributed by atoms with E-state index in [9.17, 15) is 4.79 Å². The van der Waals surface area contributed by atoms with Crippen LogP contribution < -0.4 is 11.1 Å². The standard InChI is InChI=1S/C15H18N2OS/c1-2-15(14(16)18,12-7-4-3-5-8-12)17-11-13-9-6-10-19-13/h3-10,17H,2,11H2,1H3,(H2,16,18). The second-order valence-corrected chi connectivity index (χ2v) is 5.45. The van der Waals surface area contributed by atoms with Crippen LogP contribution in [0.3, 0.4) is 0 Å². The van der Waals surface area contributed by atoms with Crippen molar-refractivity contribution in [3.63, 3.8) is 0 Å². The summed E-state index contributed by atoms with van der Waals surface area (Å²) in [6, 6.07) is 13.7. The number of nitrogens with two attached hydrogens (primary N) is 1. The zero-order valence-electron chi connectivity index (χ0n) is 10.9. The number of hydrogen-bond donors (Lipinski definition) is 2. The molecule has 0 fully saturated rings. The number of rotatable bonds is 6. The van der Waals surface area contributed by atoms with Crippen molar-refractivity contribution >= 4 is 17.2 Å². The molecule has 1 unspecified atom stereocenters. The zero-order chi connectivity index (χ0) is 13.7. The van der Waals surface area contributed by atoms with Gasteiger partial charge < -0.3 is 5.73 Å². The van der Waals surface area contributed by atoms with Crippen molar-refractivity contribution in [3.8, 4) is 0 Å². The van der Waals surface area contributed by atoms with Crippen LogP contribution >= 0.6 is 11.3 Å². The fraction of sp³-hybridized carbons (Fsp3) is 0.267. The number of carbonyl (C=O) groups excluding carboxylic acids is 1. The van der Waals surface area contributed by atoms with Crippen LogP contribution in [0.1, 0.15) is 23.8 Å². The molecule has 0 aliphatic carbocycles. The number of carbonyl (C=O) groups is 1. The second kappa shape index (κ2) is 5.99. The minimum Gasteiger partial charge on any atom is -0.368 e. The summed E-state index contributed by atoms with van der Waals surface area (Å²) in [7, 11) is 0. The van der Waals surface area contributed by atoms with Crippen molar-refractivity contribution in [1.29, 1.82) is 0 Å². The molecule has 1 amide bonds. The maximum absolute atomic E-state index is 12.0. The molecule has 0 bridgehead atoms. The summed E-state index contributed by atoms with van der Waals surface area (Å²) in [5.41, 5.74) is 5.77. The zero-order valence-corrected chi connectivity index (χ0v) is 11.7. The summed E-state index contributed by atoms with van der Waals surface area (Å²) in [6.45, 7) is 2.61. The molecule has 2 rings (SSSR count). The largest absolute Gasteiger partial charge is 0.368 e. The highest BCUT2D eigenvalue weighted by Crippen LogP contribution is 2.25. The lowest BCUT2D eigenvalue weighted by molar-refractivity contribution is -0.125. The molecule has 19 heavy (non-hydrogen) atoms. The molecule has 1 atom stereocenters. The van der Waals surface area contributed by atoms with Gasteiger partial charge in [0.1, 0.15) is 5.54 Å². The maximum Gasteiger partial charge on any atom is 0.242 e. The summed E-state index contributed by atoms with van der Waals surface area (Å²) >= 11 is 1.67. The summed E-state index contributed by atoms with van der Waals surface area (Å²) < 4.78 is 0. The average molecular weight is 274 g/mol. The van der Waals surface area contributed by atoms with E-state index in [0.29, 0.717) is 13.0 Å². The Hall–Kier alpha value is -1.65. The Morgan fingerprint density at radius 2 is 2.00 bits per heavy atom. The monoisotopic (exact) mass is 274 g/mol. The van der Waals surface area contributed by atoms with Gasteiger partial charge in [0, 0.05) is 11.4 Å². The third kappa shape index (κ3) is 2.85. The fourth-order valence-corrected chi connectivity index (χ4v) is 2.85. The highest BCUT2D eigenvalue weighted by Gasteiger charge is 2.36. The van der Waals surface area contributed by atoms with Crippen LogP contribution in [-0.2, 0) is 16.9 Å². The first-order valence-corrected chi connectivity index (χ1v) is 7.20. The van der Waals surface area contributed by atoms with Gasteiger partial charge in [-0.1, -0.05) is 43.3 Å². The molecular formula is C15H18N2OS. The lowest BCUT2D eigenvalue weighted by Gasteiger charge is -2.31. The lowest BCUT2D eigenvalue weighted by Crippen LogP contribution is -2.51.